The fourth-order valence-corrected chi connectivity index (χ4v) is 5.09. The maximum atomic E-state index is 13.4. The van der Waals surface area contributed by atoms with Gasteiger partial charge in [-0.3, -0.25) is 9.59 Å². The highest BCUT2D eigenvalue weighted by atomic mass is 16.5. The van der Waals surface area contributed by atoms with Crippen molar-refractivity contribution < 1.29 is 28.9 Å². The number of nitrogens with one attached hydrogen (secondary N) is 1. The molecule has 1 amide bonds. The first-order valence-electron chi connectivity index (χ1n) is 12.7. The minimum absolute atomic E-state index is 0.0225. The second-order valence-electron chi connectivity index (χ2n) is 9.17. The van der Waals surface area contributed by atoms with Crippen LogP contribution in [0.25, 0.3) is 16.7 Å². The predicted octanol–water partition coefficient (Wildman–Crippen LogP) is 5.25. The molecule has 0 bridgehead atoms. The van der Waals surface area contributed by atoms with E-state index in [4.69, 9.17) is 14.2 Å². The van der Waals surface area contributed by atoms with E-state index < -0.39 is 17.7 Å². The number of rotatable bonds is 9. The number of para-hydroxylation sites is 1. The Morgan fingerprint density at radius 3 is 2.44 bits per heavy atom. The molecule has 1 unspecified atom stereocenters. The average molecular weight is 527 g/mol. The van der Waals surface area contributed by atoms with Crippen molar-refractivity contribution in [2.24, 2.45) is 0 Å². The second kappa shape index (κ2) is 10.9. The quantitative estimate of drug-likeness (QED) is 0.176. The maximum absolute atomic E-state index is 13.4. The number of aliphatic hydroxyl groups excluding tert-OH is 1. The zero-order chi connectivity index (χ0) is 27.5. The number of carbonyl (C=O) groups is 2. The topological polar surface area (TPSA) is 101 Å². The number of amides is 1. The normalized spacial score (nSPS) is 16.6. The highest BCUT2D eigenvalue weighted by Crippen LogP contribution is 2.43. The van der Waals surface area contributed by atoms with Crippen molar-refractivity contribution >= 4 is 28.4 Å². The summed E-state index contributed by atoms with van der Waals surface area (Å²) in [5.74, 6) is 0.239. The fourth-order valence-electron chi connectivity index (χ4n) is 5.09. The SMILES string of the molecule is CCOc1ccc(/C(O)=C2/C(=O)C(=O)N(CCc3c[nH]c4ccc(OC)cc34)C2c2ccccc2OC)cc1. The van der Waals surface area contributed by atoms with Gasteiger partial charge in [0.2, 0.25) is 0 Å². The standard InChI is InChI=1S/C31H30N2O6/c1-4-39-21-11-9-19(10-12-21)29(34)27-28(23-7-5-6-8-26(23)38-3)33(31(36)30(27)35)16-15-20-18-32-25-14-13-22(37-2)17-24(20)25/h5-14,17-18,28,32,34H,4,15-16H2,1-3H3/b29-27-. The lowest BCUT2D eigenvalue weighted by molar-refractivity contribution is -0.139. The smallest absolute Gasteiger partial charge is 0.295 e. The molecule has 0 aliphatic carbocycles. The summed E-state index contributed by atoms with van der Waals surface area (Å²) in [6, 6.07) is 18.9. The van der Waals surface area contributed by atoms with Gasteiger partial charge < -0.3 is 29.2 Å². The number of aromatic amines is 1. The van der Waals surface area contributed by atoms with Gasteiger partial charge in [-0.05, 0) is 67.4 Å². The van der Waals surface area contributed by atoms with E-state index in [2.05, 4.69) is 4.98 Å². The van der Waals surface area contributed by atoms with E-state index in [1.54, 1.807) is 37.4 Å². The number of fused-ring (bicyclic) bond motifs is 1. The van der Waals surface area contributed by atoms with Gasteiger partial charge >= 0.3 is 0 Å². The van der Waals surface area contributed by atoms with E-state index in [1.165, 1.54) is 12.0 Å². The molecule has 2 N–H and O–H groups in total. The van der Waals surface area contributed by atoms with Crippen molar-refractivity contribution in [1.82, 2.24) is 9.88 Å². The van der Waals surface area contributed by atoms with Crippen molar-refractivity contribution in [2.45, 2.75) is 19.4 Å². The third kappa shape index (κ3) is 4.81. The molecular formula is C31H30N2O6. The number of likely N-dealkylation sites (tertiary alicyclic amines) is 1. The Hall–Kier alpha value is -4.72. The molecule has 200 valence electrons. The lowest BCUT2D eigenvalue weighted by atomic mass is 9.94. The summed E-state index contributed by atoms with van der Waals surface area (Å²) >= 11 is 0. The molecule has 8 nitrogen and oxygen atoms in total. The minimum Gasteiger partial charge on any atom is -0.507 e. The van der Waals surface area contributed by atoms with Crippen LogP contribution in [0.1, 0.15) is 29.7 Å². The number of benzene rings is 3. The molecule has 8 heteroatoms. The number of nitrogens with zero attached hydrogens (tertiary/aromatic N) is 1. The first-order chi connectivity index (χ1) is 19.0. The molecule has 4 aromatic rings. The molecule has 1 aliphatic rings. The number of aliphatic hydroxyl groups is 1. The number of methoxy groups -OCH3 is 2. The van der Waals surface area contributed by atoms with Gasteiger partial charge in [-0.2, -0.15) is 0 Å². The van der Waals surface area contributed by atoms with E-state index >= 15 is 0 Å². The molecule has 0 spiro atoms. The summed E-state index contributed by atoms with van der Waals surface area (Å²) in [6.07, 6.45) is 2.38. The Bertz CT molecular complexity index is 1550. The lowest BCUT2D eigenvalue weighted by Crippen LogP contribution is -2.31. The molecule has 1 atom stereocenters. The summed E-state index contributed by atoms with van der Waals surface area (Å²) in [6.45, 7) is 2.64. The number of ether oxygens (including phenoxy) is 3. The Morgan fingerprint density at radius 1 is 0.974 bits per heavy atom. The van der Waals surface area contributed by atoms with Gasteiger partial charge in [0.25, 0.3) is 11.7 Å². The summed E-state index contributed by atoms with van der Waals surface area (Å²) in [4.78, 5) is 31.6. The first kappa shape index (κ1) is 25.9. The number of hydrogen-bond acceptors (Lipinski definition) is 6. The molecule has 1 fully saturated rings. The van der Waals surface area contributed by atoms with E-state index in [0.717, 1.165) is 22.2 Å². The zero-order valence-electron chi connectivity index (χ0n) is 22.1. The Balaban J connectivity index is 1.56. The monoisotopic (exact) mass is 526 g/mol. The Kier molecular flexibility index (Phi) is 7.27. The Labute approximate surface area is 226 Å². The highest BCUT2D eigenvalue weighted by molar-refractivity contribution is 6.46. The van der Waals surface area contributed by atoms with E-state index in [9.17, 15) is 14.7 Å². The molecule has 3 aromatic carbocycles. The van der Waals surface area contributed by atoms with Crippen LogP contribution in [0.3, 0.4) is 0 Å². The summed E-state index contributed by atoms with van der Waals surface area (Å²) in [5, 5.41) is 12.4. The van der Waals surface area contributed by atoms with Gasteiger partial charge in [-0.1, -0.05) is 18.2 Å². The van der Waals surface area contributed by atoms with Crippen LogP contribution in [0.15, 0.2) is 78.5 Å². The van der Waals surface area contributed by atoms with Gasteiger partial charge in [-0.25, -0.2) is 0 Å². The molecule has 2 heterocycles. The van der Waals surface area contributed by atoms with E-state index in [0.29, 0.717) is 35.7 Å². The molecule has 0 radical (unpaired) electrons. The number of Topliss-reactive ketones (excluding diaryl/α,β-unsaturated/α-hetero) is 1. The van der Waals surface area contributed by atoms with Crippen LogP contribution in [-0.2, 0) is 16.0 Å². The molecular weight excluding hydrogens is 496 g/mol. The highest BCUT2D eigenvalue weighted by Gasteiger charge is 2.46. The first-order valence-corrected chi connectivity index (χ1v) is 12.7. The third-order valence-electron chi connectivity index (χ3n) is 7.01. The van der Waals surface area contributed by atoms with E-state index in [-0.39, 0.29) is 17.9 Å². The number of ketones is 1. The zero-order valence-corrected chi connectivity index (χ0v) is 22.1. The van der Waals surface area contributed by atoms with Crippen molar-refractivity contribution in [3.8, 4) is 17.2 Å². The Morgan fingerprint density at radius 2 is 1.72 bits per heavy atom. The summed E-state index contributed by atoms with van der Waals surface area (Å²) < 4.78 is 16.5. The number of aromatic nitrogens is 1. The van der Waals surface area contributed by atoms with Crippen LogP contribution in [-0.4, -0.2) is 54.1 Å². The van der Waals surface area contributed by atoms with Crippen molar-refractivity contribution in [1.29, 1.82) is 0 Å². The third-order valence-corrected chi connectivity index (χ3v) is 7.01. The maximum Gasteiger partial charge on any atom is 0.295 e. The molecule has 0 saturated carbocycles. The average Bonchev–Trinajstić information content (AvgIpc) is 3.49. The molecule has 1 aliphatic heterocycles. The molecule has 1 saturated heterocycles. The van der Waals surface area contributed by atoms with Gasteiger partial charge in [0.15, 0.2) is 0 Å². The number of H-pyrrole nitrogens is 1. The second-order valence-corrected chi connectivity index (χ2v) is 9.17. The summed E-state index contributed by atoms with van der Waals surface area (Å²) in [7, 11) is 3.15. The molecule has 5 rings (SSSR count). The number of hydrogen-bond donors (Lipinski definition) is 2. The van der Waals surface area contributed by atoms with Crippen molar-refractivity contribution in [3.05, 3.63) is 95.2 Å². The molecule has 39 heavy (non-hydrogen) atoms. The van der Waals surface area contributed by atoms with Crippen LogP contribution in [0.5, 0.6) is 17.2 Å². The van der Waals surface area contributed by atoms with Crippen molar-refractivity contribution in [3.63, 3.8) is 0 Å². The van der Waals surface area contributed by atoms with Crippen LogP contribution in [0.2, 0.25) is 0 Å². The number of carbonyl (C=O) groups excluding carboxylic acids is 2. The van der Waals surface area contributed by atoms with Gasteiger partial charge in [0.1, 0.15) is 23.0 Å². The minimum atomic E-state index is -0.826. The largest absolute Gasteiger partial charge is 0.507 e. The summed E-state index contributed by atoms with van der Waals surface area (Å²) in [5.41, 5.74) is 2.99. The van der Waals surface area contributed by atoms with Crippen LogP contribution >= 0.6 is 0 Å². The van der Waals surface area contributed by atoms with Crippen LogP contribution in [0.4, 0.5) is 0 Å². The predicted molar refractivity (Wildman–Crippen MR) is 148 cm³/mol. The van der Waals surface area contributed by atoms with Crippen molar-refractivity contribution in [2.75, 3.05) is 27.4 Å². The van der Waals surface area contributed by atoms with Crippen LogP contribution in [0, 0.1) is 0 Å². The van der Waals surface area contributed by atoms with Gasteiger partial charge in [0.05, 0.1) is 32.4 Å². The molecule has 1 aromatic heterocycles. The lowest BCUT2D eigenvalue weighted by Gasteiger charge is -2.26. The van der Waals surface area contributed by atoms with Gasteiger partial charge in [-0.15, -0.1) is 0 Å². The van der Waals surface area contributed by atoms with Crippen LogP contribution < -0.4 is 14.2 Å². The van der Waals surface area contributed by atoms with Gasteiger partial charge in [0, 0.05) is 34.8 Å². The fraction of sp³-hybridized carbons (Fsp3) is 0.226. The van der Waals surface area contributed by atoms with E-state index in [1.807, 2.05) is 49.5 Å².